The molecule has 0 aliphatic carbocycles. The summed E-state index contributed by atoms with van der Waals surface area (Å²) in [5.74, 6) is 0. The van der Waals surface area contributed by atoms with Crippen molar-refractivity contribution < 1.29 is 0 Å². The molecule has 0 spiro atoms. The largest absolute Gasteiger partial charge is 0.173 e. The van der Waals surface area contributed by atoms with Gasteiger partial charge in [-0.1, -0.05) is 46.4 Å². The first-order valence-corrected chi connectivity index (χ1v) is 10.2. The highest BCUT2D eigenvalue weighted by atomic mass is 35.6. The number of hydrogen-bond donors (Lipinski definition) is 0. The van der Waals surface area contributed by atoms with Crippen molar-refractivity contribution in [3.8, 4) is 0 Å². The quantitative estimate of drug-likeness (QED) is 0.493. The zero-order chi connectivity index (χ0) is 9.46. The van der Waals surface area contributed by atoms with E-state index in [2.05, 4.69) is 0 Å². The van der Waals surface area contributed by atoms with Gasteiger partial charge in [-0.2, -0.15) is 0 Å². The van der Waals surface area contributed by atoms with Crippen molar-refractivity contribution >= 4 is 83.0 Å². The van der Waals surface area contributed by atoms with Gasteiger partial charge in [-0.05, 0) is 0 Å². The van der Waals surface area contributed by atoms with Crippen LogP contribution < -0.4 is 0 Å². The average molecular weight is 317 g/mol. The van der Waals surface area contributed by atoms with E-state index >= 15 is 0 Å². The molecule has 0 amide bonds. The molecule has 1 aromatic rings. The number of halogens is 6. The Morgan fingerprint density at radius 3 is 1.17 bits per heavy atom. The summed E-state index contributed by atoms with van der Waals surface area (Å²) in [6.45, 7) is 0. The van der Waals surface area contributed by atoms with Crippen LogP contribution in [0, 0.1) is 0 Å². The average Bonchev–Trinajstić information content (AvgIpc) is 2.08. The van der Waals surface area contributed by atoms with Crippen molar-refractivity contribution in [1.29, 1.82) is 0 Å². The van der Waals surface area contributed by atoms with Crippen LogP contribution in [0.15, 0.2) is 0 Å². The molecular weight excluding hydrogens is 317 g/mol. The Kier molecular flexibility index (Phi) is 4.35. The smallest absolute Gasteiger partial charge is 0.136 e. The summed E-state index contributed by atoms with van der Waals surface area (Å²) in [4.78, 5) is 0. The maximum atomic E-state index is 5.94. The third kappa shape index (κ3) is 2.01. The van der Waals surface area contributed by atoms with Gasteiger partial charge < -0.3 is 0 Å². The lowest BCUT2D eigenvalue weighted by Gasteiger charge is -2.05. The first kappa shape index (κ1) is 11.7. The molecule has 0 radical (unpaired) electrons. The Balaban J connectivity index is 3.60. The molecule has 1 heterocycles. The molecule has 0 aliphatic rings. The lowest BCUT2D eigenvalue weighted by Crippen LogP contribution is -2.06. The van der Waals surface area contributed by atoms with Crippen LogP contribution in [-0.4, -0.2) is 14.4 Å². The fourth-order valence-electron chi connectivity index (χ4n) is 0.578. The number of rotatable bonds is 0. The minimum atomic E-state index is -1.50. The van der Waals surface area contributed by atoms with Gasteiger partial charge in [-0.15, -0.1) is 22.2 Å². The molecule has 0 saturated carbocycles. The molecule has 0 atom stereocenters. The Morgan fingerprint density at radius 2 is 0.917 bits per heavy atom. The summed E-state index contributed by atoms with van der Waals surface area (Å²) in [6.07, 6.45) is 0. The van der Waals surface area contributed by atoms with Crippen molar-refractivity contribution in [2.75, 3.05) is 0 Å². The summed E-state index contributed by atoms with van der Waals surface area (Å²) >= 11 is 35.0. The molecule has 12 heavy (non-hydrogen) atoms. The SMILES string of the molecule is Clc1c(Cl)c(Cl)[si](Cl)[si](Cl)c1Cl. The topological polar surface area (TPSA) is 0 Å². The van der Waals surface area contributed by atoms with E-state index in [-0.39, 0.29) is 10.0 Å². The summed E-state index contributed by atoms with van der Waals surface area (Å²) in [5, 5.41) is 0.475. The Labute approximate surface area is 102 Å². The van der Waals surface area contributed by atoms with Crippen LogP contribution in [0.5, 0.6) is 0 Å². The second-order valence-corrected chi connectivity index (χ2v) is 13.5. The molecule has 8 heteroatoms. The molecule has 66 valence electrons. The molecule has 0 nitrogen and oxygen atoms in total. The highest BCUT2D eigenvalue weighted by molar-refractivity contribution is 7.43. The maximum Gasteiger partial charge on any atom is 0.173 e. The first-order valence-electron chi connectivity index (χ1n) is 2.63. The molecule has 0 saturated heterocycles. The van der Waals surface area contributed by atoms with Crippen LogP contribution in [0.1, 0.15) is 0 Å². The van der Waals surface area contributed by atoms with E-state index in [0.717, 1.165) is 0 Å². The molecule has 1 rings (SSSR count). The third-order valence-electron chi connectivity index (χ3n) is 1.16. The predicted molar refractivity (Wildman–Crippen MR) is 60.9 cm³/mol. The van der Waals surface area contributed by atoms with Crippen LogP contribution in [0.25, 0.3) is 0 Å². The zero-order valence-electron chi connectivity index (χ0n) is 5.27. The minimum Gasteiger partial charge on any atom is -0.136 e. The first-order chi connectivity index (χ1) is 5.46. The summed E-state index contributed by atoms with van der Waals surface area (Å²) in [6, 6.07) is 0. The van der Waals surface area contributed by atoms with Gasteiger partial charge in [0, 0.05) is 0 Å². The fourth-order valence-corrected chi connectivity index (χ4v) is 10.3. The molecule has 0 bridgehead atoms. The standard InChI is InChI=1S/C4Cl6Si2/c5-1-2(6)4(8)12(10)11(9)3(1)7. The van der Waals surface area contributed by atoms with Crippen molar-refractivity contribution in [3.05, 3.63) is 19.3 Å². The monoisotopic (exact) mass is 314 g/mol. The highest BCUT2D eigenvalue weighted by Gasteiger charge is 2.18. The van der Waals surface area contributed by atoms with E-state index in [1.54, 1.807) is 0 Å². The second-order valence-electron chi connectivity index (χ2n) is 1.88. The van der Waals surface area contributed by atoms with Crippen molar-refractivity contribution in [3.63, 3.8) is 0 Å². The van der Waals surface area contributed by atoms with Gasteiger partial charge in [-0.25, -0.2) is 0 Å². The summed E-state index contributed by atoms with van der Waals surface area (Å²) in [7, 11) is -3.00. The van der Waals surface area contributed by atoms with Gasteiger partial charge in [0.05, 0.1) is 19.3 Å². The van der Waals surface area contributed by atoms with Gasteiger partial charge in [0.2, 0.25) is 0 Å². The van der Waals surface area contributed by atoms with Crippen LogP contribution in [0.2, 0.25) is 19.3 Å². The highest BCUT2D eigenvalue weighted by Crippen LogP contribution is 2.35. The van der Waals surface area contributed by atoms with Gasteiger partial charge in [-0.3, -0.25) is 0 Å². The molecule has 1 aromatic heterocycles. The Bertz CT molecular complexity index is 232. The van der Waals surface area contributed by atoms with E-state index in [4.69, 9.17) is 68.6 Å². The zero-order valence-corrected chi connectivity index (χ0v) is 11.8. The van der Waals surface area contributed by atoms with Crippen LogP contribution in [0.3, 0.4) is 0 Å². The van der Waals surface area contributed by atoms with Crippen molar-refractivity contribution in [1.82, 2.24) is 0 Å². The number of hydrogen-bond acceptors (Lipinski definition) is 0. The Hall–Kier alpha value is 1.65. The molecule has 0 N–H and O–H groups in total. The van der Waals surface area contributed by atoms with E-state index < -0.39 is 14.4 Å². The van der Waals surface area contributed by atoms with E-state index in [1.165, 1.54) is 0 Å². The normalized spacial score (nSPS) is 10.5. The van der Waals surface area contributed by atoms with Gasteiger partial charge in [0.25, 0.3) is 0 Å². The van der Waals surface area contributed by atoms with E-state index in [0.29, 0.717) is 9.27 Å². The summed E-state index contributed by atoms with van der Waals surface area (Å²) < 4.78 is 0.753. The van der Waals surface area contributed by atoms with E-state index in [9.17, 15) is 0 Å². The minimum absolute atomic E-state index is 0.238. The van der Waals surface area contributed by atoms with Crippen molar-refractivity contribution in [2.45, 2.75) is 0 Å². The Morgan fingerprint density at radius 1 is 0.667 bits per heavy atom. The lowest BCUT2D eigenvalue weighted by atomic mass is 10.6. The van der Waals surface area contributed by atoms with Gasteiger partial charge >= 0.3 is 0 Å². The van der Waals surface area contributed by atoms with Crippen LogP contribution in [0.4, 0.5) is 0 Å². The van der Waals surface area contributed by atoms with Crippen LogP contribution >= 0.6 is 68.6 Å². The van der Waals surface area contributed by atoms with E-state index in [1.807, 2.05) is 0 Å². The summed E-state index contributed by atoms with van der Waals surface area (Å²) in [5.41, 5.74) is 0. The van der Waals surface area contributed by atoms with Gasteiger partial charge in [0.15, 0.2) is 14.4 Å². The maximum absolute atomic E-state index is 5.94. The third-order valence-corrected chi connectivity index (χ3v) is 15.3. The molecule has 0 unspecified atom stereocenters. The predicted octanol–water partition coefficient (Wildman–Crippen LogP) is 4.36. The lowest BCUT2D eigenvalue weighted by molar-refractivity contribution is 1.92. The molecule has 0 aliphatic heterocycles. The molecule has 0 aromatic carbocycles. The van der Waals surface area contributed by atoms with Gasteiger partial charge in [0.1, 0.15) is 0 Å². The van der Waals surface area contributed by atoms with Crippen molar-refractivity contribution in [2.24, 2.45) is 0 Å². The molecule has 0 fully saturated rings. The second kappa shape index (κ2) is 4.45. The fraction of sp³-hybridized carbons (Fsp3) is 0. The molecular formula is C4Cl6Si2. The van der Waals surface area contributed by atoms with Crippen LogP contribution in [-0.2, 0) is 0 Å².